The van der Waals surface area contributed by atoms with E-state index in [0.29, 0.717) is 24.7 Å². The third-order valence-electron chi connectivity index (χ3n) is 5.58. The summed E-state index contributed by atoms with van der Waals surface area (Å²) in [5.41, 5.74) is 4.10. The number of nitrogens with one attached hydrogen (secondary N) is 2. The molecular formula is C26H26N6O2. The van der Waals surface area contributed by atoms with Gasteiger partial charge in [0, 0.05) is 59.9 Å². The number of carbonyl (C=O) groups is 1. The highest BCUT2D eigenvalue weighted by Crippen LogP contribution is 2.21. The van der Waals surface area contributed by atoms with Crippen molar-refractivity contribution in [1.29, 1.82) is 0 Å². The maximum absolute atomic E-state index is 12.6. The summed E-state index contributed by atoms with van der Waals surface area (Å²) in [5.74, 6) is 1.28. The Balaban J connectivity index is 1.22. The van der Waals surface area contributed by atoms with Gasteiger partial charge in [0.25, 0.3) is 5.91 Å². The zero-order valence-corrected chi connectivity index (χ0v) is 18.9. The summed E-state index contributed by atoms with van der Waals surface area (Å²) in [5, 5.41) is 6.28. The maximum atomic E-state index is 12.6. The molecule has 1 saturated heterocycles. The number of nitrogens with zero attached hydrogens (tertiary/aromatic N) is 4. The van der Waals surface area contributed by atoms with Crippen LogP contribution in [0.25, 0.3) is 5.69 Å². The second-order valence-electron chi connectivity index (χ2n) is 8.09. The van der Waals surface area contributed by atoms with Crippen LogP contribution in [0, 0.1) is 6.92 Å². The van der Waals surface area contributed by atoms with E-state index in [4.69, 9.17) is 4.74 Å². The van der Waals surface area contributed by atoms with Gasteiger partial charge in [-0.3, -0.25) is 4.79 Å². The van der Waals surface area contributed by atoms with Gasteiger partial charge >= 0.3 is 0 Å². The standard InChI is InChI=1S/C26H26N6O2/c1-19-18-24(30-26(27-19)32-14-16-34-17-15-32)28-21-6-8-22(9-7-21)29-25(33)20-4-10-23(11-5-20)31-12-2-3-13-31/h2-13,18H,14-17H2,1H3,(H,29,33)(H,27,28,30). The number of ether oxygens (including phenoxy) is 1. The molecule has 34 heavy (non-hydrogen) atoms. The number of aryl methyl sites for hydroxylation is 1. The minimum atomic E-state index is -0.152. The van der Waals surface area contributed by atoms with E-state index in [1.165, 1.54) is 0 Å². The van der Waals surface area contributed by atoms with E-state index >= 15 is 0 Å². The Hall–Kier alpha value is -4.17. The Morgan fingerprint density at radius 3 is 2.29 bits per heavy atom. The lowest BCUT2D eigenvalue weighted by molar-refractivity contribution is 0.102. The molecule has 8 nitrogen and oxygen atoms in total. The maximum Gasteiger partial charge on any atom is 0.255 e. The lowest BCUT2D eigenvalue weighted by Crippen LogP contribution is -2.37. The number of hydrogen-bond acceptors (Lipinski definition) is 6. The lowest BCUT2D eigenvalue weighted by atomic mass is 10.2. The van der Waals surface area contributed by atoms with Crippen LogP contribution in [0.15, 0.2) is 79.1 Å². The first-order chi connectivity index (χ1) is 16.6. The first-order valence-electron chi connectivity index (χ1n) is 11.2. The number of anilines is 4. The molecule has 0 atom stereocenters. The van der Waals surface area contributed by atoms with Crippen LogP contribution >= 0.6 is 0 Å². The lowest BCUT2D eigenvalue weighted by Gasteiger charge is -2.27. The van der Waals surface area contributed by atoms with Gasteiger partial charge in [-0.05, 0) is 67.6 Å². The number of amides is 1. The van der Waals surface area contributed by atoms with Crippen LogP contribution in [0.2, 0.25) is 0 Å². The minimum Gasteiger partial charge on any atom is -0.378 e. The van der Waals surface area contributed by atoms with Crippen molar-refractivity contribution in [3.63, 3.8) is 0 Å². The first kappa shape index (κ1) is 21.7. The fourth-order valence-electron chi connectivity index (χ4n) is 3.80. The number of benzene rings is 2. The van der Waals surface area contributed by atoms with Crippen molar-refractivity contribution in [2.24, 2.45) is 0 Å². The number of morpholine rings is 1. The first-order valence-corrected chi connectivity index (χ1v) is 11.2. The summed E-state index contributed by atoms with van der Waals surface area (Å²) in [6.07, 6.45) is 3.94. The van der Waals surface area contributed by atoms with Crippen LogP contribution in [-0.4, -0.2) is 46.7 Å². The van der Waals surface area contributed by atoms with Gasteiger partial charge in [0.15, 0.2) is 0 Å². The topological polar surface area (TPSA) is 84.3 Å². The Bertz CT molecular complexity index is 1250. The average molecular weight is 455 g/mol. The van der Waals surface area contributed by atoms with Crippen molar-refractivity contribution < 1.29 is 9.53 Å². The Morgan fingerprint density at radius 1 is 0.912 bits per heavy atom. The molecule has 2 aromatic carbocycles. The zero-order chi connectivity index (χ0) is 23.3. The molecular weight excluding hydrogens is 428 g/mol. The molecule has 0 saturated carbocycles. The van der Waals surface area contributed by atoms with Crippen LogP contribution in [0.3, 0.4) is 0 Å². The average Bonchev–Trinajstić information content (AvgIpc) is 3.41. The molecule has 1 aliphatic rings. The van der Waals surface area contributed by atoms with E-state index < -0.39 is 0 Å². The fraction of sp³-hybridized carbons (Fsp3) is 0.192. The van der Waals surface area contributed by atoms with Crippen LogP contribution in [0.4, 0.5) is 23.1 Å². The van der Waals surface area contributed by atoms with Crippen molar-refractivity contribution in [2.75, 3.05) is 41.8 Å². The van der Waals surface area contributed by atoms with Gasteiger partial charge < -0.3 is 24.8 Å². The molecule has 1 aliphatic heterocycles. The van der Waals surface area contributed by atoms with Gasteiger partial charge in [-0.2, -0.15) is 4.98 Å². The van der Waals surface area contributed by atoms with Gasteiger partial charge in [0.2, 0.25) is 5.95 Å². The highest BCUT2D eigenvalue weighted by Gasteiger charge is 2.15. The molecule has 0 unspecified atom stereocenters. The fourth-order valence-corrected chi connectivity index (χ4v) is 3.80. The molecule has 0 bridgehead atoms. The molecule has 2 aromatic heterocycles. The van der Waals surface area contributed by atoms with Crippen LogP contribution < -0.4 is 15.5 Å². The van der Waals surface area contributed by atoms with Crippen molar-refractivity contribution in [2.45, 2.75) is 6.92 Å². The van der Waals surface area contributed by atoms with E-state index in [-0.39, 0.29) is 5.91 Å². The third kappa shape index (κ3) is 5.07. The molecule has 0 radical (unpaired) electrons. The van der Waals surface area contributed by atoms with Crippen molar-refractivity contribution in [3.8, 4) is 5.69 Å². The summed E-state index contributed by atoms with van der Waals surface area (Å²) < 4.78 is 7.42. The molecule has 2 N–H and O–H groups in total. The monoisotopic (exact) mass is 454 g/mol. The SMILES string of the molecule is Cc1cc(Nc2ccc(NC(=O)c3ccc(-n4cccc4)cc3)cc2)nc(N2CCOCC2)n1. The molecule has 3 heterocycles. The van der Waals surface area contributed by atoms with E-state index in [9.17, 15) is 4.79 Å². The molecule has 5 rings (SSSR count). The summed E-state index contributed by atoms with van der Waals surface area (Å²) in [7, 11) is 0. The minimum absolute atomic E-state index is 0.152. The number of hydrogen-bond donors (Lipinski definition) is 2. The van der Waals surface area contributed by atoms with Crippen LogP contribution in [0.1, 0.15) is 16.1 Å². The van der Waals surface area contributed by atoms with Gasteiger partial charge in [-0.15, -0.1) is 0 Å². The third-order valence-corrected chi connectivity index (χ3v) is 5.58. The molecule has 0 spiro atoms. The van der Waals surface area contributed by atoms with Crippen LogP contribution in [0.5, 0.6) is 0 Å². The van der Waals surface area contributed by atoms with Crippen molar-refractivity contribution in [3.05, 3.63) is 90.4 Å². The van der Waals surface area contributed by atoms with E-state index in [1.807, 2.05) is 90.6 Å². The normalized spacial score (nSPS) is 13.5. The van der Waals surface area contributed by atoms with Gasteiger partial charge in [0.05, 0.1) is 13.2 Å². The number of rotatable bonds is 6. The highest BCUT2D eigenvalue weighted by molar-refractivity contribution is 6.04. The molecule has 1 fully saturated rings. The second-order valence-corrected chi connectivity index (χ2v) is 8.09. The molecule has 4 aromatic rings. The summed E-state index contributed by atoms with van der Waals surface area (Å²) >= 11 is 0. The van der Waals surface area contributed by atoms with Gasteiger partial charge in [0.1, 0.15) is 5.82 Å². The molecule has 1 amide bonds. The number of carbonyl (C=O) groups excluding carboxylic acids is 1. The van der Waals surface area contributed by atoms with Crippen molar-refractivity contribution in [1.82, 2.24) is 14.5 Å². The van der Waals surface area contributed by atoms with E-state index in [1.54, 1.807) is 0 Å². The van der Waals surface area contributed by atoms with Crippen molar-refractivity contribution >= 4 is 29.0 Å². The Kier molecular flexibility index (Phi) is 6.22. The smallest absolute Gasteiger partial charge is 0.255 e. The zero-order valence-electron chi connectivity index (χ0n) is 18.9. The quantitative estimate of drug-likeness (QED) is 0.449. The molecule has 172 valence electrons. The Morgan fingerprint density at radius 2 is 1.59 bits per heavy atom. The summed E-state index contributed by atoms with van der Waals surface area (Å²) in [6.45, 7) is 4.90. The largest absolute Gasteiger partial charge is 0.378 e. The second kappa shape index (κ2) is 9.76. The van der Waals surface area contributed by atoms with Gasteiger partial charge in [-0.25, -0.2) is 4.98 Å². The van der Waals surface area contributed by atoms with Crippen LogP contribution in [-0.2, 0) is 4.74 Å². The summed E-state index contributed by atoms with van der Waals surface area (Å²) in [4.78, 5) is 24.0. The number of aromatic nitrogens is 3. The molecule has 8 heteroatoms. The van der Waals surface area contributed by atoms with E-state index in [0.717, 1.165) is 41.7 Å². The highest BCUT2D eigenvalue weighted by atomic mass is 16.5. The Labute approximate surface area is 198 Å². The molecule has 0 aliphatic carbocycles. The predicted octanol–water partition coefficient (Wildman–Crippen LogP) is 4.41. The summed E-state index contributed by atoms with van der Waals surface area (Å²) in [6, 6.07) is 20.9. The predicted molar refractivity (Wildman–Crippen MR) is 133 cm³/mol. The van der Waals surface area contributed by atoms with E-state index in [2.05, 4.69) is 25.5 Å². The van der Waals surface area contributed by atoms with Gasteiger partial charge in [-0.1, -0.05) is 0 Å².